The number of nitro groups is 1. The Bertz CT molecular complexity index is 710. The average Bonchev–Trinajstić information content (AvgIpc) is 2.53. The van der Waals surface area contributed by atoms with E-state index in [0.717, 1.165) is 0 Å². The third-order valence-electron chi connectivity index (χ3n) is 2.81. The van der Waals surface area contributed by atoms with E-state index in [1.165, 1.54) is 36.4 Å². The minimum atomic E-state index is -0.725. The SMILES string of the molecule is O=C(COC(=O)c1ccc([N+](=O)[O-])cc1)c1ccc(Cl)cc1. The Morgan fingerprint density at radius 3 is 2.09 bits per heavy atom. The maximum Gasteiger partial charge on any atom is 0.338 e. The van der Waals surface area contributed by atoms with Gasteiger partial charge in [0.05, 0.1) is 10.5 Å². The highest BCUT2D eigenvalue weighted by atomic mass is 35.5. The number of ketones is 1. The van der Waals surface area contributed by atoms with Crippen LogP contribution in [0.5, 0.6) is 0 Å². The first-order valence-electron chi connectivity index (χ1n) is 6.18. The first kappa shape index (κ1) is 15.7. The van der Waals surface area contributed by atoms with Gasteiger partial charge in [0.15, 0.2) is 12.4 Å². The van der Waals surface area contributed by atoms with Crippen molar-refractivity contribution >= 4 is 29.0 Å². The number of benzene rings is 2. The van der Waals surface area contributed by atoms with E-state index in [9.17, 15) is 19.7 Å². The minimum absolute atomic E-state index is 0.131. The van der Waals surface area contributed by atoms with Crippen LogP contribution >= 0.6 is 11.6 Å². The molecule has 0 aliphatic rings. The van der Waals surface area contributed by atoms with Gasteiger partial charge in [-0.3, -0.25) is 14.9 Å². The lowest BCUT2D eigenvalue weighted by Crippen LogP contribution is -2.14. The van der Waals surface area contributed by atoms with Crippen molar-refractivity contribution in [1.29, 1.82) is 0 Å². The number of esters is 1. The Morgan fingerprint density at radius 1 is 1.00 bits per heavy atom. The lowest BCUT2D eigenvalue weighted by Gasteiger charge is -2.04. The van der Waals surface area contributed by atoms with Crippen LogP contribution in [0.4, 0.5) is 5.69 Å². The second-order valence-corrected chi connectivity index (χ2v) is 4.75. The van der Waals surface area contributed by atoms with Gasteiger partial charge in [-0.2, -0.15) is 0 Å². The number of carbonyl (C=O) groups excluding carboxylic acids is 2. The van der Waals surface area contributed by atoms with Crippen LogP contribution in [-0.2, 0) is 4.74 Å². The van der Waals surface area contributed by atoms with Crippen molar-refractivity contribution in [3.8, 4) is 0 Å². The number of nitrogens with zero attached hydrogens (tertiary/aromatic N) is 1. The maximum absolute atomic E-state index is 11.8. The molecule has 22 heavy (non-hydrogen) atoms. The smallest absolute Gasteiger partial charge is 0.338 e. The molecule has 0 spiro atoms. The molecule has 112 valence electrons. The summed E-state index contributed by atoms with van der Waals surface area (Å²) in [6.45, 7) is -0.419. The molecule has 0 saturated heterocycles. The van der Waals surface area contributed by atoms with Gasteiger partial charge in [0.1, 0.15) is 0 Å². The molecule has 0 bridgehead atoms. The first-order chi connectivity index (χ1) is 10.5. The van der Waals surface area contributed by atoms with Gasteiger partial charge in [0.25, 0.3) is 5.69 Å². The molecule has 2 rings (SSSR count). The molecule has 0 N–H and O–H groups in total. The molecule has 0 saturated carbocycles. The maximum atomic E-state index is 11.8. The molecule has 0 aliphatic carbocycles. The Balaban J connectivity index is 1.96. The van der Waals surface area contributed by atoms with Gasteiger partial charge < -0.3 is 4.74 Å². The number of rotatable bonds is 5. The fourth-order valence-corrected chi connectivity index (χ4v) is 1.78. The summed E-state index contributed by atoms with van der Waals surface area (Å²) in [5.41, 5.74) is 0.379. The molecule has 6 nitrogen and oxygen atoms in total. The summed E-state index contributed by atoms with van der Waals surface area (Å²) in [5.74, 6) is -1.09. The van der Waals surface area contributed by atoms with Gasteiger partial charge in [0, 0.05) is 22.7 Å². The van der Waals surface area contributed by atoms with Gasteiger partial charge >= 0.3 is 5.97 Å². The van der Waals surface area contributed by atoms with Crippen LogP contribution in [0.15, 0.2) is 48.5 Å². The summed E-state index contributed by atoms with van der Waals surface area (Å²) in [4.78, 5) is 33.5. The number of hydrogen-bond donors (Lipinski definition) is 0. The molecule has 0 aliphatic heterocycles. The summed E-state index contributed by atoms with van der Waals surface area (Å²) in [5, 5.41) is 11.0. The van der Waals surface area contributed by atoms with Crippen molar-refractivity contribution in [2.24, 2.45) is 0 Å². The summed E-state index contributed by atoms with van der Waals surface area (Å²) in [6.07, 6.45) is 0. The summed E-state index contributed by atoms with van der Waals surface area (Å²) in [7, 11) is 0. The molecule has 0 aromatic heterocycles. The van der Waals surface area contributed by atoms with Crippen LogP contribution in [0.1, 0.15) is 20.7 Å². The van der Waals surface area contributed by atoms with Gasteiger partial charge in [0.2, 0.25) is 0 Å². The first-order valence-corrected chi connectivity index (χ1v) is 6.55. The molecule has 0 atom stereocenters. The lowest BCUT2D eigenvalue weighted by molar-refractivity contribution is -0.384. The van der Waals surface area contributed by atoms with E-state index in [1.54, 1.807) is 12.1 Å². The topological polar surface area (TPSA) is 86.5 Å². The molecular weight excluding hydrogens is 310 g/mol. The average molecular weight is 320 g/mol. The zero-order valence-corrected chi connectivity index (χ0v) is 11.9. The number of halogens is 1. The van der Waals surface area contributed by atoms with Crippen molar-refractivity contribution in [2.75, 3.05) is 6.61 Å². The van der Waals surface area contributed by atoms with Crippen LogP contribution in [0, 0.1) is 10.1 Å². The molecule has 0 unspecified atom stereocenters. The van der Waals surface area contributed by atoms with Crippen molar-refractivity contribution in [3.63, 3.8) is 0 Å². The summed E-state index contributed by atoms with van der Waals surface area (Å²) >= 11 is 5.71. The Labute approximate surface area is 130 Å². The van der Waals surface area contributed by atoms with Crippen LogP contribution in [0.3, 0.4) is 0 Å². The fraction of sp³-hybridized carbons (Fsp3) is 0.0667. The molecule has 0 fully saturated rings. The predicted molar refractivity (Wildman–Crippen MR) is 79.2 cm³/mol. The van der Waals surface area contributed by atoms with Crippen molar-refractivity contribution in [2.45, 2.75) is 0 Å². The van der Waals surface area contributed by atoms with Gasteiger partial charge in [-0.05, 0) is 36.4 Å². The fourth-order valence-electron chi connectivity index (χ4n) is 1.65. The Morgan fingerprint density at radius 2 is 1.55 bits per heavy atom. The van der Waals surface area contributed by atoms with E-state index in [0.29, 0.717) is 10.6 Å². The number of Topliss-reactive ketones (excluding diaryl/α,β-unsaturated/α-hetero) is 1. The van der Waals surface area contributed by atoms with Crippen molar-refractivity contribution < 1.29 is 19.2 Å². The van der Waals surface area contributed by atoms with Gasteiger partial charge in [-0.1, -0.05) is 11.6 Å². The molecule has 0 amide bonds. The monoisotopic (exact) mass is 319 g/mol. The second-order valence-electron chi connectivity index (χ2n) is 4.31. The third kappa shape index (κ3) is 3.89. The van der Waals surface area contributed by atoms with E-state index in [1.807, 2.05) is 0 Å². The highest BCUT2D eigenvalue weighted by Crippen LogP contribution is 2.13. The number of non-ortho nitro benzene ring substituents is 1. The van der Waals surface area contributed by atoms with Crippen LogP contribution < -0.4 is 0 Å². The standard InChI is InChI=1S/C15H10ClNO5/c16-12-5-1-10(2-6-12)14(18)9-22-15(19)11-3-7-13(8-4-11)17(20)21/h1-8H,9H2. The number of hydrogen-bond acceptors (Lipinski definition) is 5. The van der Waals surface area contributed by atoms with Crippen LogP contribution in [0.2, 0.25) is 5.02 Å². The molecule has 2 aromatic carbocycles. The normalized spacial score (nSPS) is 10.0. The predicted octanol–water partition coefficient (Wildman–Crippen LogP) is 3.29. The number of carbonyl (C=O) groups is 2. The Hall–Kier alpha value is -2.73. The minimum Gasteiger partial charge on any atom is -0.454 e. The number of ether oxygens (including phenoxy) is 1. The third-order valence-corrected chi connectivity index (χ3v) is 3.07. The zero-order valence-electron chi connectivity index (χ0n) is 11.2. The lowest BCUT2D eigenvalue weighted by atomic mass is 10.1. The van der Waals surface area contributed by atoms with E-state index >= 15 is 0 Å². The molecular formula is C15H10ClNO5. The van der Waals surface area contributed by atoms with E-state index < -0.39 is 17.5 Å². The van der Waals surface area contributed by atoms with Crippen LogP contribution in [0.25, 0.3) is 0 Å². The van der Waals surface area contributed by atoms with E-state index in [4.69, 9.17) is 16.3 Å². The van der Waals surface area contributed by atoms with Crippen molar-refractivity contribution in [1.82, 2.24) is 0 Å². The van der Waals surface area contributed by atoms with Crippen LogP contribution in [-0.4, -0.2) is 23.3 Å². The quantitative estimate of drug-likeness (QED) is 0.365. The summed E-state index contributed by atoms with van der Waals surface area (Å²) in [6, 6.07) is 11.1. The van der Waals surface area contributed by atoms with E-state index in [2.05, 4.69) is 0 Å². The molecule has 0 heterocycles. The molecule has 2 aromatic rings. The summed E-state index contributed by atoms with van der Waals surface area (Å²) < 4.78 is 4.88. The molecule has 0 radical (unpaired) electrons. The highest BCUT2D eigenvalue weighted by molar-refractivity contribution is 6.30. The largest absolute Gasteiger partial charge is 0.454 e. The van der Waals surface area contributed by atoms with Crippen molar-refractivity contribution in [3.05, 3.63) is 74.8 Å². The Kier molecular flexibility index (Phi) is 4.85. The van der Waals surface area contributed by atoms with E-state index in [-0.39, 0.29) is 17.0 Å². The zero-order chi connectivity index (χ0) is 16.1. The molecule has 7 heteroatoms. The number of nitro benzene ring substituents is 1. The second kappa shape index (κ2) is 6.82. The highest BCUT2D eigenvalue weighted by Gasteiger charge is 2.13. The van der Waals surface area contributed by atoms with Gasteiger partial charge in [-0.15, -0.1) is 0 Å². The van der Waals surface area contributed by atoms with Gasteiger partial charge in [-0.25, -0.2) is 4.79 Å².